The lowest BCUT2D eigenvalue weighted by molar-refractivity contribution is 0.328. The molecule has 0 amide bonds. The van der Waals surface area contributed by atoms with Crippen LogP contribution in [0.5, 0.6) is 5.88 Å². The van der Waals surface area contributed by atoms with Crippen LogP contribution in [0.15, 0.2) is 63.5 Å². The van der Waals surface area contributed by atoms with E-state index in [0.29, 0.717) is 35.3 Å². The fraction of sp³-hybridized carbons (Fsp3) is 0.250. The standard InChI is InChI=1S/C24H23N5O2S/c1-3-31-22-17-11-14(9-10-18(17)26-23(25-2)29-22)12-20-21(30)28-24(32-20)27-19-13-16(19)15-7-5-4-6-8-15/h4-12,16,19,30H,3,13H2,1-2H3,(H,27,28)/t16-,19+/m0/s1. The monoisotopic (exact) mass is 445 g/mol. The second-order valence-corrected chi connectivity index (χ2v) is 8.65. The van der Waals surface area contributed by atoms with Crippen LogP contribution in [0.25, 0.3) is 6.08 Å². The number of thiazole rings is 1. The molecule has 32 heavy (non-hydrogen) atoms. The van der Waals surface area contributed by atoms with E-state index in [1.165, 1.54) is 16.9 Å². The van der Waals surface area contributed by atoms with Crippen LogP contribution in [0.3, 0.4) is 0 Å². The van der Waals surface area contributed by atoms with Gasteiger partial charge in [-0.1, -0.05) is 47.7 Å². The van der Waals surface area contributed by atoms with Gasteiger partial charge in [0, 0.05) is 19.0 Å². The van der Waals surface area contributed by atoms with Crippen molar-refractivity contribution in [2.45, 2.75) is 25.3 Å². The van der Waals surface area contributed by atoms with Gasteiger partial charge in [0.25, 0.3) is 0 Å². The number of fused-ring (bicyclic) bond motifs is 1. The number of rotatable bonds is 5. The van der Waals surface area contributed by atoms with Crippen LogP contribution in [0.1, 0.15) is 35.3 Å². The van der Waals surface area contributed by atoms with Crippen molar-refractivity contribution < 1.29 is 9.84 Å². The van der Waals surface area contributed by atoms with E-state index >= 15 is 0 Å². The molecule has 1 aliphatic carbocycles. The minimum Gasteiger partial charge on any atom is -0.492 e. The minimum absolute atomic E-state index is 0.0240. The molecule has 1 aliphatic heterocycles. The van der Waals surface area contributed by atoms with Crippen LogP contribution in [-0.4, -0.2) is 41.6 Å². The molecule has 2 heterocycles. The van der Waals surface area contributed by atoms with Crippen molar-refractivity contribution in [3.05, 3.63) is 75.1 Å². The Hall–Kier alpha value is -3.52. The van der Waals surface area contributed by atoms with Crippen LogP contribution < -0.4 is 15.9 Å². The lowest BCUT2D eigenvalue weighted by Crippen LogP contribution is -2.27. The lowest BCUT2D eigenvalue weighted by atomic mass is 10.1. The van der Waals surface area contributed by atoms with E-state index in [1.54, 1.807) is 7.05 Å². The maximum atomic E-state index is 10.4. The van der Waals surface area contributed by atoms with Crippen molar-refractivity contribution in [1.29, 1.82) is 0 Å². The summed E-state index contributed by atoms with van der Waals surface area (Å²) in [6.45, 7) is 2.41. The van der Waals surface area contributed by atoms with Crippen LogP contribution in [-0.2, 0) is 4.74 Å². The molecule has 3 aromatic rings. The van der Waals surface area contributed by atoms with E-state index in [0.717, 1.165) is 27.7 Å². The number of nitrogens with zero attached hydrogens (tertiary/aromatic N) is 4. The largest absolute Gasteiger partial charge is 0.492 e. The van der Waals surface area contributed by atoms with Crippen molar-refractivity contribution in [3.63, 3.8) is 0 Å². The quantitative estimate of drug-likeness (QED) is 0.632. The number of anilines is 1. The number of guanidine groups is 1. The number of aromatic nitrogens is 1. The maximum Gasteiger partial charge on any atom is 0.248 e. The van der Waals surface area contributed by atoms with E-state index in [9.17, 15) is 5.11 Å². The fourth-order valence-corrected chi connectivity index (χ4v) is 4.64. The summed E-state index contributed by atoms with van der Waals surface area (Å²) >= 11 is 1.44. The highest BCUT2D eigenvalue weighted by Gasteiger charge is 2.38. The van der Waals surface area contributed by atoms with Gasteiger partial charge in [0.15, 0.2) is 5.13 Å². The first-order valence-corrected chi connectivity index (χ1v) is 11.4. The zero-order valence-corrected chi connectivity index (χ0v) is 18.6. The number of aliphatic imine (C=N–C) groups is 2. The van der Waals surface area contributed by atoms with Crippen molar-refractivity contribution in [2.24, 2.45) is 15.0 Å². The fourth-order valence-electron chi connectivity index (χ4n) is 3.76. The third-order valence-electron chi connectivity index (χ3n) is 5.41. The summed E-state index contributed by atoms with van der Waals surface area (Å²) in [6, 6.07) is 16.6. The normalized spacial score (nSPS) is 21.0. The number of ether oxygens (including phenoxy) is 1. The summed E-state index contributed by atoms with van der Waals surface area (Å²) in [7, 11) is 1.65. The summed E-state index contributed by atoms with van der Waals surface area (Å²) < 4.78 is 5.70. The van der Waals surface area contributed by atoms with Crippen LogP contribution in [0.4, 0.5) is 5.13 Å². The first-order chi connectivity index (χ1) is 15.6. The van der Waals surface area contributed by atoms with Gasteiger partial charge in [-0.15, -0.1) is 0 Å². The minimum atomic E-state index is 0.0240. The summed E-state index contributed by atoms with van der Waals surface area (Å²) in [6.07, 6.45) is 2.98. The predicted molar refractivity (Wildman–Crippen MR) is 127 cm³/mol. The molecular formula is C24H23N5O2S. The zero-order valence-electron chi connectivity index (χ0n) is 17.8. The van der Waals surface area contributed by atoms with Crippen molar-refractivity contribution >= 4 is 34.4 Å². The Kier molecular flexibility index (Phi) is 5.45. The van der Waals surface area contributed by atoms with E-state index < -0.39 is 0 Å². The summed E-state index contributed by atoms with van der Waals surface area (Å²) in [5.74, 6) is 1.41. The zero-order chi connectivity index (χ0) is 22.1. The Labute approximate surface area is 189 Å². The molecule has 1 fully saturated rings. The molecule has 0 unspecified atom stereocenters. The second kappa shape index (κ2) is 8.55. The van der Waals surface area contributed by atoms with Crippen molar-refractivity contribution in [2.75, 3.05) is 19.0 Å². The second-order valence-electron chi connectivity index (χ2n) is 7.62. The van der Waals surface area contributed by atoms with E-state index in [-0.39, 0.29) is 5.88 Å². The number of nitrogens with one attached hydrogen (secondary N) is 1. The summed E-state index contributed by atoms with van der Waals surface area (Å²) in [4.78, 5) is 17.9. The van der Waals surface area contributed by atoms with Crippen LogP contribution in [0, 0.1) is 0 Å². The van der Waals surface area contributed by atoms with Gasteiger partial charge in [0.1, 0.15) is 0 Å². The maximum absolute atomic E-state index is 10.4. The molecule has 0 spiro atoms. The third-order valence-corrected chi connectivity index (χ3v) is 6.34. The highest BCUT2D eigenvalue weighted by Crippen LogP contribution is 2.43. The van der Waals surface area contributed by atoms with E-state index in [1.807, 2.05) is 37.3 Å². The number of hydrogen-bond acceptors (Lipinski definition) is 6. The van der Waals surface area contributed by atoms with E-state index in [2.05, 4.69) is 49.5 Å². The lowest BCUT2D eigenvalue weighted by Gasteiger charge is -2.11. The predicted octanol–water partition coefficient (Wildman–Crippen LogP) is 3.05. The number of benzene rings is 2. The Morgan fingerprint density at radius 3 is 2.84 bits per heavy atom. The smallest absolute Gasteiger partial charge is 0.248 e. The molecule has 2 atom stereocenters. The molecule has 1 saturated carbocycles. The van der Waals surface area contributed by atoms with Crippen LogP contribution in [0.2, 0.25) is 0 Å². The SMILES string of the molecule is CCOC1=NC(=NC)N=c2ccc(=Cc3sc(N[C@@H]4C[C@H]4c4ccccc4)nc3O)cc21. The molecule has 2 aromatic carbocycles. The van der Waals surface area contributed by atoms with Gasteiger partial charge >= 0.3 is 0 Å². The van der Waals surface area contributed by atoms with Crippen molar-refractivity contribution in [1.82, 2.24) is 4.98 Å². The van der Waals surface area contributed by atoms with E-state index in [4.69, 9.17) is 4.74 Å². The van der Waals surface area contributed by atoms with Crippen molar-refractivity contribution in [3.8, 4) is 5.88 Å². The van der Waals surface area contributed by atoms with Gasteiger partial charge in [0.05, 0.1) is 22.4 Å². The number of hydrogen-bond donors (Lipinski definition) is 2. The van der Waals surface area contributed by atoms with Gasteiger partial charge in [-0.25, -0.2) is 4.99 Å². The Balaban J connectivity index is 1.39. The third kappa shape index (κ3) is 4.13. The van der Waals surface area contributed by atoms with Gasteiger partial charge in [0.2, 0.25) is 17.7 Å². The van der Waals surface area contributed by atoms with Crippen LogP contribution >= 0.6 is 11.3 Å². The summed E-state index contributed by atoms with van der Waals surface area (Å²) in [5.41, 5.74) is 2.14. The molecule has 5 rings (SSSR count). The topological polar surface area (TPSA) is 91.5 Å². The average molecular weight is 446 g/mol. The molecule has 2 aliphatic rings. The molecule has 0 saturated heterocycles. The highest BCUT2D eigenvalue weighted by molar-refractivity contribution is 7.16. The molecule has 0 radical (unpaired) electrons. The van der Waals surface area contributed by atoms with Gasteiger partial charge in [-0.2, -0.15) is 9.98 Å². The number of aromatic hydroxyl groups is 1. The summed E-state index contributed by atoms with van der Waals surface area (Å²) in [5, 5.41) is 16.2. The first kappa shape index (κ1) is 20.4. The molecular weight excluding hydrogens is 422 g/mol. The molecule has 8 heteroatoms. The van der Waals surface area contributed by atoms with Gasteiger partial charge < -0.3 is 15.2 Å². The Morgan fingerprint density at radius 2 is 2.06 bits per heavy atom. The molecule has 162 valence electrons. The van der Waals surface area contributed by atoms with Gasteiger partial charge in [-0.05, 0) is 42.3 Å². The van der Waals surface area contributed by atoms with Gasteiger partial charge in [-0.3, -0.25) is 4.99 Å². The first-order valence-electron chi connectivity index (χ1n) is 10.5. The molecule has 0 bridgehead atoms. The Morgan fingerprint density at radius 1 is 1.22 bits per heavy atom. The molecule has 1 aromatic heterocycles. The highest BCUT2D eigenvalue weighted by atomic mass is 32.1. The molecule has 2 N–H and O–H groups in total. The Bertz CT molecular complexity index is 1330. The average Bonchev–Trinajstić information content (AvgIpc) is 3.49. The molecule has 7 nitrogen and oxygen atoms in total.